The molecule has 0 unspecified atom stereocenters. The van der Waals surface area contributed by atoms with E-state index in [0.717, 1.165) is 0 Å². The number of alkyl carbamates (subject to hydrolysis) is 6. The quantitative estimate of drug-likeness (QED) is 0.0378. The summed E-state index contributed by atoms with van der Waals surface area (Å²) >= 11 is 0. The fraction of sp³-hybridized carbons (Fsp3) is 0.667. The minimum absolute atomic E-state index is 0.0261. The smallest absolute Gasteiger partial charge is 0.414 e. The van der Waals surface area contributed by atoms with Crippen LogP contribution in [-0.2, 0) is 57.0 Å². The zero-order chi connectivity index (χ0) is 73.3. The number of anilines is 2. The summed E-state index contributed by atoms with van der Waals surface area (Å²) in [7, 11) is 0. The molecule has 0 aliphatic carbocycles. The minimum atomic E-state index is -1.16. The van der Waals surface area contributed by atoms with Crippen molar-refractivity contribution in [1.29, 1.82) is 0 Å². The van der Waals surface area contributed by atoms with Gasteiger partial charge in [-0.1, -0.05) is 0 Å². The molecule has 0 aromatic heterocycles. The summed E-state index contributed by atoms with van der Waals surface area (Å²) in [6.45, 7) is 31.7. The number of ether oxygens (including phenoxy) is 14. The standard InChI is InChI=1S/C66H106N10O22/c1-61(2,3)93-55(79)71-45(21-19-27-67-53(73-57(81)95-63(7,8)9)74-58(82)96-64(10,11)12)51(77)69-43-23-25-47-49(41-43)91-39-35-87-31-32-88-36-40-92-50-42-44(24-26-48(50)90-38-34-86-30-29-85-33-37-89-47)70-52(78)46(72-56(80)94-62(4,5)6)22-20-28-68-54(75-59(83)97-65(13,14)15)76-60(84)98-66(16,17)18/h23-26,41-42,45-46H,19-22,27-40H2,1-18H3,(H,69,77)(H,70,78)(H,71,79)(H,72,80)(H2,67,73,74,81,82)(H2,68,75,76,83,84)/t45-,46-/m0/s1. The molecule has 0 saturated carbocycles. The van der Waals surface area contributed by atoms with Gasteiger partial charge in [-0.3, -0.25) is 40.8 Å². The van der Waals surface area contributed by atoms with E-state index in [1.807, 2.05) is 0 Å². The molecule has 8 amide bonds. The van der Waals surface area contributed by atoms with E-state index in [9.17, 15) is 38.4 Å². The molecule has 0 radical (unpaired) electrons. The number of aliphatic imine (C=N–C) groups is 2. The monoisotopic (exact) mass is 1390 g/mol. The lowest BCUT2D eigenvalue weighted by Crippen LogP contribution is -2.47. The van der Waals surface area contributed by atoms with Crippen LogP contribution in [0, 0.1) is 0 Å². The lowest BCUT2D eigenvalue weighted by Gasteiger charge is -2.23. The van der Waals surface area contributed by atoms with Gasteiger partial charge >= 0.3 is 36.6 Å². The number of hydrogen-bond acceptors (Lipinski definition) is 24. The largest absolute Gasteiger partial charge is 0.487 e. The van der Waals surface area contributed by atoms with Crippen LogP contribution in [-0.4, -0.2) is 198 Å². The van der Waals surface area contributed by atoms with Crippen LogP contribution in [0.1, 0.15) is 150 Å². The molecule has 32 nitrogen and oxygen atoms in total. The molecule has 8 N–H and O–H groups in total. The van der Waals surface area contributed by atoms with Gasteiger partial charge in [-0.15, -0.1) is 0 Å². The van der Waals surface area contributed by atoms with E-state index in [4.69, 9.17) is 66.3 Å². The second kappa shape index (κ2) is 40.3. The van der Waals surface area contributed by atoms with Crippen LogP contribution in [0.2, 0.25) is 0 Å². The van der Waals surface area contributed by atoms with E-state index in [-0.39, 0.29) is 141 Å². The first kappa shape index (κ1) is 83.6. The Bertz CT molecular complexity index is 2700. The van der Waals surface area contributed by atoms with Crippen LogP contribution in [0.25, 0.3) is 0 Å². The van der Waals surface area contributed by atoms with E-state index < -0.39 is 94.1 Å². The number of rotatable bonds is 14. The van der Waals surface area contributed by atoms with Crippen molar-refractivity contribution >= 4 is 71.7 Å². The Hall–Kier alpha value is -8.62. The lowest BCUT2D eigenvalue weighted by molar-refractivity contribution is -0.119. The molecule has 2 atom stereocenters. The van der Waals surface area contributed by atoms with Gasteiger partial charge in [-0.05, 0) is 175 Å². The number of benzene rings is 2. The zero-order valence-corrected chi connectivity index (χ0v) is 60.2. The SMILES string of the molecule is CC(C)(C)OC(=O)NC(=NCCC[C@H](NC(=O)OC(C)(C)C)C(=O)Nc1ccc2c(c1)OCCOCCOCCOc1cc(NC(=O)[C@H](CCCN=C(NC(=O)OC(C)(C)C)NC(=O)OC(C)(C)C)NC(=O)OC(C)(C)C)ccc1OCCOCCOCCO2)NC(=O)OC(C)(C)C. The molecular weight excluding hydrogens is 1280 g/mol. The second-order valence-corrected chi connectivity index (χ2v) is 27.8. The molecular formula is C66H106N10O22. The topological polar surface area (TPSA) is 387 Å². The maximum atomic E-state index is 14.0. The van der Waals surface area contributed by atoms with E-state index in [0.29, 0.717) is 22.9 Å². The van der Waals surface area contributed by atoms with Gasteiger partial charge in [0.2, 0.25) is 23.7 Å². The van der Waals surface area contributed by atoms with Crippen LogP contribution < -0.4 is 61.5 Å². The Balaban J connectivity index is 1.73. The number of amides is 8. The van der Waals surface area contributed by atoms with Gasteiger partial charge in [-0.2, -0.15) is 0 Å². The van der Waals surface area contributed by atoms with Crippen molar-refractivity contribution in [2.45, 2.75) is 196 Å². The zero-order valence-electron chi connectivity index (χ0n) is 60.2. The molecule has 1 heterocycles. The molecule has 552 valence electrons. The second-order valence-electron chi connectivity index (χ2n) is 27.8. The molecule has 1 aliphatic rings. The number of carbonyl (C=O) groups is 8. The summed E-state index contributed by atoms with van der Waals surface area (Å²) in [6.07, 6.45) is -4.85. The maximum absolute atomic E-state index is 14.0. The Morgan fingerprint density at radius 2 is 0.602 bits per heavy atom. The molecule has 0 bridgehead atoms. The third-order valence-corrected chi connectivity index (χ3v) is 11.4. The number of fused-ring (bicyclic) bond motifs is 2. The Morgan fingerprint density at radius 1 is 0.357 bits per heavy atom. The molecule has 2 aromatic rings. The summed E-state index contributed by atoms with van der Waals surface area (Å²) in [4.78, 5) is 114. The molecule has 98 heavy (non-hydrogen) atoms. The van der Waals surface area contributed by atoms with Crippen LogP contribution >= 0.6 is 0 Å². The Morgan fingerprint density at radius 3 is 0.867 bits per heavy atom. The molecule has 2 aromatic carbocycles. The van der Waals surface area contributed by atoms with E-state index in [1.54, 1.807) is 161 Å². The van der Waals surface area contributed by atoms with Gasteiger partial charge in [0.25, 0.3) is 0 Å². The summed E-state index contributed by atoms with van der Waals surface area (Å²) in [5.41, 5.74) is -4.64. The number of carbonyl (C=O) groups excluding carboxylic acids is 8. The molecule has 0 saturated heterocycles. The van der Waals surface area contributed by atoms with E-state index in [1.165, 1.54) is 0 Å². The third-order valence-electron chi connectivity index (χ3n) is 11.4. The fourth-order valence-corrected chi connectivity index (χ4v) is 7.81. The number of nitrogens with one attached hydrogen (secondary N) is 8. The predicted octanol–water partition coefficient (Wildman–Crippen LogP) is 9.02. The van der Waals surface area contributed by atoms with Crippen LogP contribution in [0.4, 0.5) is 40.1 Å². The highest BCUT2D eigenvalue weighted by Gasteiger charge is 2.29. The van der Waals surface area contributed by atoms with E-state index >= 15 is 0 Å². The van der Waals surface area contributed by atoms with Gasteiger partial charge in [0.15, 0.2) is 23.0 Å². The summed E-state index contributed by atoms with van der Waals surface area (Å²) in [5.74, 6) is -0.562. The Labute approximate surface area is 574 Å². The van der Waals surface area contributed by atoms with Crippen molar-refractivity contribution in [3.63, 3.8) is 0 Å². The van der Waals surface area contributed by atoms with Crippen LogP contribution in [0.3, 0.4) is 0 Å². The highest BCUT2D eigenvalue weighted by molar-refractivity contribution is 6.02. The first-order chi connectivity index (χ1) is 45.6. The van der Waals surface area contributed by atoms with Crippen molar-refractivity contribution in [1.82, 2.24) is 31.9 Å². The molecule has 1 aliphatic heterocycles. The van der Waals surface area contributed by atoms with Gasteiger partial charge in [-0.25, -0.2) is 28.8 Å². The van der Waals surface area contributed by atoms with Crippen molar-refractivity contribution < 1.29 is 105 Å². The summed E-state index contributed by atoms with van der Waals surface area (Å²) in [5, 5.41) is 20.6. The highest BCUT2D eigenvalue weighted by atomic mass is 16.6. The van der Waals surface area contributed by atoms with Crippen LogP contribution in [0.15, 0.2) is 46.4 Å². The first-order valence-corrected chi connectivity index (χ1v) is 32.4. The minimum Gasteiger partial charge on any atom is -0.487 e. The van der Waals surface area contributed by atoms with Crippen molar-refractivity contribution in [3.05, 3.63) is 36.4 Å². The summed E-state index contributed by atoms with van der Waals surface area (Å²) in [6, 6.07) is 7.20. The third kappa shape index (κ3) is 40.2. The number of nitrogens with zero attached hydrogens (tertiary/aromatic N) is 2. The normalized spacial score (nSPS) is 14.8. The van der Waals surface area contributed by atoms with Crippen molar-refractivity contribution in [2.75, 3.05) is 103 Å². The summed E-state index contributed by atoms with van der Waals surface area (Å²) < 4.78 is 79.8. The number of hydrogen-bond donors (Lipinski definition) is 8. The van der Waals surface area contributed by atoms with Crippen molar-refractivity contribution in [3.8, 4) is 23.0 Å². The van der Waals surface area contributed by atoms with Gasteiger partial charge in [0, 0.05) is 36.6 Å². The van der Waals surface area contributed by atoms with Gasteiger partial charge in [0.05, 0.1) is 52.9 Å². The average Bonchev–Trinajstić information content (AvgIpc) is 0.863. The van der Waals surface area contributed by atoms with Gasteiger partial charge in [0.1, 0.15) is 72.1 Å². The first-order valence-electron chi connectivity index (χ1n) is 32.4. The van der Waals surface area contributed by atoms with Gasteiger partial charge < -0.3 is 87.6 Å². The number of guanidine groups is 2. The van der Waals surface area contributed by atoms with E-state index in [2.05, 4.69) is 52.5 Å². The fourth-order valence-electron chi connectivity index (χ4n) is 7.81. The molecule has 0 fully saturated rings. The maximum Gasteiger partial charge on any atom is 0.414 e. The molecule has 32 heteroatoms. The lowest BCUT2D eigenvalue weighted by atomic mass is 10.1. The predicted molar refractivity (Wildman–Crippen MR) is 362 cm³/mol. The Kier molecular flexibility index (Phi) is 34.4. The highest BCUT2D eigenvalue weighted by Crippen LogP contribution is 2.32. The van der Waals surface area contributed by atoms with Crippen LogP contribution in [0.5, 0.6) is 23.0 Å². The molecule has 0 spiro atoms. The molecule has 3 rings (SSSR count). The average molecular weight is 1390 g/mol. The van der Waals surface area contributed by atoms with Crippen molar-refractivity contribution in [2.24, 2.45) is 9.98 Å².